The van der Waals surface area contributed by atoms with E-state index in [1.807, 2.05) is 42.3 Å². The summed E-state index contributed by atoms with van der Waals surface area (Å²) in [6.07, 6.45) is 1.52. The van der Waals surface area contributed by atoms with Crippen molar-refractivity contribution in [2.45, 2.75) is 13.0 Å². The molecule has 148 valence electrons. The quantitative estimate of drug-likeness (QED) is 0.731. The van der Waals surface area contributed by atoms with Crippen LogP contribution in [0.2, 0.25) is 0 Å². The molecule has 1 atom stereocenters. The predicted molar refractivity (Wildman–Crippen MR) is 108 cm³/mol. The third kappa shape index (κ3) is 3.42. The van der Waals surface area contributed by atoms with Crippen molar-refractivity contribution in [3.63, 3.8) is 0 Å². The number of aromatic nitrogens is 4. The lowest BCUT2D eigenvalue weighted by Crippen LogP contribution is -2.44. The van der Waals surface area contributed by atoms with E-state index < -0.39 is 6.04 Å². The molecule has 2 aromatic heterocycles. The minimum atomic E-state index is -0.648. The zero-order chi connectivity index (χ0) is 20.5. The molecule has 3 heterocycles. The van der Waals surface area contributed by atoms with Crippen molar-refractivity contribution in [3.05, 3.63) is 54.5 Å². The third-order valence-electron chi connectivity index (χ3n) is 4.89. The third-order valence-corrected chi connectivity index (χ3v) is 4.89. The summed E-state index contributed by atoms with van der Waals surface area (Å²) in [5.41, 5.74) is 2.06. The minimum Gasteiger partial charge on any atom is -0.340 e. The van der Waals surface area contributed by atoms with E-state index in [1.165, 1.54) is 6.33 Å². The van der Waals surface area contributed by atoms with Crippen LogP contribution in [0, 0.1) is 0 Å². The standard InChI is InChI=1S/C20H21N7O2/c1-13(27-11-21-18-17(27)20(29)26(3)12-25(18)2)19(28)22-16-10-9-15(23-24-16)14-7-5-4-6-8-14/h4-11,13H,12H2,1-3H3,(H,22,24,28). The zero-order valence-electron chi connectivity index (χ0n) is 16.4. The normalized spacial score (nSPS) is 14.5. The second-order valence-electron chi connectivity index (χ2n) is 7.00. The van der Waals surface area contributed by atoms with Crippen LogP contribution in [0.15, 0.2) is 48.8 Å². The van der Waals surface area contributed by atoms with E-state index in [-0.39, 0.29) is 11.8 Å². The molecule has 9 heteroatoms. The van der Waals surface area contributed by atoms with Gasteiger partial charge < -0.3 is 19.7 Å². The van der Waals surface area contributed by atoms with Crippen LogP contribution in [0.3, 0.4) is 0 Å². The molecule has 1 aliphatic rings. The average molecular weight is 391 g/mol. The maximum atomic E-state index is 12.8. The number of amides is 2. The molecule has 1 unspecified atom stereocenters. The summed E-state index contributed by atoms with van der Waals surface area (Å²) in [7, 11) is 3.57. The van der Waals surface area contributed by atoms with Crippen LogP contribution >= 0.6 is 0 Å². The van der Waals surface area contributed by atoms with Gasteiger partial charge in [0.05, 0.1) is 18.7 Å². The van der Waals surface area contributed by atoms with Gasteiger partial charge in [-0.1, -0.05) is 30.3 Å². The molecule has 3 aromatic rings. The molecule has 0 bridgehead atoms. The largest absolute Gasteiger partial charge is 0.340 e. The molecule has 29 heavy (non-hydrogen) atoms. The molecule has 0 aliphatic carbocycles. The fraction of sp³-hybridized carbons (Fsp3) is 0.250. The van der Waals surface area contributed by atoms with Crippen molar-refractivity contribution in [3.8, 4) is 11.3 Å². The van der Waals surface area contributed by atoms with Crippen molar-refractivity contribution < 1.29 is 9.59 Å². The topological polar surface area (TPSA) is 96.2 Å². The van der Waals surface area contributed by atoms with Crippen molar-refractivity contribution in [2.75, 3.05) is 31.0 Å². The Balaban J connectivity index is 1.52. The summed E-state index contributed by atoms with van der Waals surface area (Å²) >= 11 is 0. The Morgan fingerprint density at radius 1 is 1.07 bits per heavy atom. The van der Waals surface area contributed by atoms with Crippen LogP contribution in [0.4, 0.5) is 11.6 Å². The SMILES string of the molecule is CC(C(=O)Nc1ccc(-c2ccccc2)nn1)n1cnc2c1C(=O)N(C)CN2C. The van der Waals surface area contributed by atoms with E-state index in [1.54, 1.807) is 35.6 Å². The molecular weight excluding hydrogens is 370 g/mol. The van der Waals surface area contributed by atoms with Crippen molar-refractivity contribution in [1.82, 2.24) is 24.6 Å². The number of hydrogen-bond acceptors (Lipinski definition) is 6. The van der Waals surface area contributed by atoms with Gasteiger partial charge in [-0.2, -0.15) is 0 Å². The number of anilines is 2. The fourth-order valence-corrected chi connectivity index (χ4v) is 3.28. The first-order valence-electron chi connectivity index (χ1n) is 9.19. The Labute approximate surface area is 168 Å². The molecule has 0 fully saturated rings. The first-order chi connectivity index (χ1) is 14.0. The lowest BCUT2D eigenvalue weighted by Gasteiger charge is -2.31. The zero-order valence-corrected chi connectivity index (χ0v) is 16.4. The van der Waals surface area contributed by atoms with E-state index in [2.05, 4.69) is 20.5 Å². The Kier molecular flexibility index (Phi) is 4.71. The predicted octanol–water partition coefficient (Wildman–Crippen LogP) is 2.02. The van der Waals surface area contributed by atoms with Crippen molar-refractivity contribution >= 4 is 23.5 Å². The first-order valence-corrected chi connectivity index (χ1v) is 9.19. The van der Waals surface area contributed by atoms with Gasteiger partial charge in [-0.05, 0) is 19.1 Å². The molecule has 0 radical (unpaired) electrons. The maximum absolute atomic E-state index is 12.8. The van der Waals surface area contributed by atoms with Gasteiger partial charge in [0.1, 0.15) is 6.04 Å². The molecule has 1 aliphatic heterocycles. The van der Waals surface area contributed by atoms with E-state index in [9.17, 15) is 9.59 Å². The number of carbonyl (C=O) groups excluding carboxylic acids is 2. The highest BCUT2D eigenvalue weighted by Crippen LogP contribution is 2.27. The van der Waals surface area contributed by atoms with Crippen LogP contribution in [0.5, 0.6) is 0 Å². The van der Waals surface area contributed by atoms with Gasteiger partial charge in [0, 0.05) is 19.7 Å². The van der Waals surface area contributed by atoms with E-state index in [4.69, 9.17) is 0 Å². The molecule has 9 nitrogen and oxygen atoms in total. The van der Waals surface area contributed by atoms with E-state index >= 15 is 0 Å². The summed E-state index contributed by atoms with van der Waals surface area (Å²) < 4.78 is 1.59. The lowest BCUT2D eigenvalue weighted by molar-refractivity contribution is -0.118. The molecular formula is C20H21N7O2. The number of benzene rings is 1. The number of hydrogen-bond donors (Lipinski definition) is 1. The summed E-state index contributed by atoms with van der Waals surface area (Å²) in [6, 6.07) is 12.5. The summed E-state index contributed by atoms with van der Waals surface area (Å²) in [6.45, 7) is 2.16. The fourth-order valence-electron chi connectivity index (χ4n) is 3.28. The Hall–Kier alpha value is -3.75. The first kappa shape index (κ1) is 18.6. The highest BCUT2D eigenvalue weighted by Gasteiger charge is 2.32. The molecule has 0 saturated carbocycles. The number of fused-ring (bicyclic) bond motifs is 1. The smallest absolute Gasteiger partial charge is 0.275 e. The molecule has 0 saturated heterocycles. The van der Waals surface area contributed by atoms with Crippen LogP contribution in [-0.4, -0.2) is 57.2 Å². The van der Waals surface area contributed by atoms with Gasteiger partial charge in [-0.3, -0.25) is 9.59 Å². The van der Waals surface area contributed by atoms with Gasteiger partial charge in [-0.25, -0.2) is 4.98 Å². The molecule has 0 spiro atoms. The summed E-state index contributed by atoms with van der Waals surface area (Å²) in [5, 5.41) is 11.0. The molecule has 1 N–H and O–H groups in total. The number of imidazole rings is 1. The van der Waals surface area contributed by atoms with Gasteiger partial charge in [-0.15, -0.1) is 10.2 Å². The van der Waals surface area contributed by atoms with Gasteiger partial charge in [0.2, 0.25) is 5.91 Å². The van der Waals surface area contributed by atoms with E-state index in [0.29, 0.717) is 24.0 Å². The monoisotopic (exact) mass is 391 g/mol. The second kappa shape index (κ2) is 7.34. The number of nitrogens with zero attached hydrogens (tertiary/aromatic N) is 6. The van der Waals surface area contributed by atoms with Gasteiger partial charge >= 0.3 is 0 Å². The highest BCUT2D eigenvalue weighted by molar-refractivity contribution is 6.00. The Bertz CT molecular complexity index is 1050. The van der Waals surface area contributed by atoms with Crippen LogP contribution in [-0.2, 0) is 4.79 Å². The molecule has 1 aromatic carbocycles. The van der Waals surface area contributed by atoms with Crippen LogP contribution < -0.4 is 10.2 Å². The number of carbonyl (C=O) groups is 2. The van der Waals surface area contributed by atoms with E-state index in [0.717, 1.165) is 11.3 Å². The maximum Gasteiger partial charge on any atom is 0.275 e. The minimum absolute atomic E-state index is 0.165. The van der Waals surface area contributed by atoms with Crippen molar-refractivity contribution in [1.29, 1.82) is 0 Å². The Morgan fingerprint density at radius 3 is 2.52 bits per heavy atom. The number of rotatable bonds is 4. The van der Waals surface area contributed by atoms with Gasteiger partial charge in [0.15, 0.2) is 17.3 Å². The Morgan fingerprint density at radius 2 is 1.83 bits per heavy atom. The molecule has 2 amide bonds. The molecule has 4 rings (SSSR count). The second-order valence-corrected chi connectivity index (χ2v) is 7.00. The summed E-state index contributed by atoms with van der Waals surface area (Å²) in [5.74, 6) is 0.439. The summed E-state index contributed by atoms with van der Waals surface area (Å²) in [4.78, 5) is 33.1. The lowest BCUT2D eigenvalue weighted by atomic mass is 10.1. The van der Waals surface area contributed by atoms with Gasteiger partial charge in [0.25, 0.3) is 5.91 Å². The number of nitrogens with one attached hydrogen (secondary N) is 1. The van der Waals surface area contributed by atoms with Crippen molar-refractivity contribution in [2.24, 2.45) is 0 Å². The average Bonchev–Trinajstić information content (AvgIpc) is 3.18. The highest BCUT2D eigenvalue weighted by atomic mass is 16.2. The van der Waals surface area contributed by atoms with Crippen LogP contribution in [0.1, 0.15) is 23.5 Å². The van der Waals surface area contributed by atoms with Crippen LogP contribution in [0.25, 0.3) is 11.3 Å².